The first-order chi connectivity index (χ1) is 26.1. The Balaban J connectivity index is 1.26. The Labute approximate surface area is 314 Å². The van der Waals surface area contributed by atoms with Crippen LogP contribution in [-0.2, 0) is 35.5 Å². The highest BCUT2D eigenvalue weighted by Gasteiger charge is 2.67. The maximum Gasteiger partial charge on any atom is 0.293 e. The number of ketones is 1. The highest BCUT2D eigenvalue weighted by molar-refractivity contribution is 6.35. The van der Waals surface area contributed by atoms with Crippen molar-refractivity contribution in [2.24, 2.45) is 13.0 Å². The van der Waals surface area contributed by atoms with E-state index in [4.69, 9.17) is 21.3 Å². The van der Waals surface area contributed by atoms with Crippen molar-refractivity contribution in [2.45, 2.75) is 68.4 Å². The van der Waals surface area contributed by atoms with E-state index in [-0.39, 0.29) is 58.6 Å². The number of carbonyl (C=O) groups excluding carboxylic acids is 1. The third-order valence-corrected chi connectivity index (χ3v) is 11.0. The zero-order valence-electron chi connectivity index (χ0n) is 29.1. The summed E-state index contributed by atoms with van der Waals surface area (Å²) in [6.45, 7) is -0.186. The monoisotopic (exact) mass is 783 g/mol. The molecule has 16 heteroatoms. The van der Waals surface area contributed by atoms with Crippen LogP contribution in [0.15, 0.2) is 47.3 Å². The number of rotatable bonds is 9. The molecule has 0 unspecified atom stereocenters. The molecule has 0 amide bonds. The smallest absolute Gasteiger partial charge is 0.293 e. The third kappa shape index (κ3) is 6.74. The Morgan fingerprint density at radius 3 is 2.51 bits per heavy atom. The molecule has 4 heterocycles. The van der Waals surface area contributed by atoms with Crippen molar-refractivity contribution < 1.29 is 41.0 Å². The van der Waals surface area contributed by atoms with Crippen LogP contribution in [0.25, 0.3) is 22.0 Å². The first-order valence-corrected chi connectivity index (χ1v) is 18.0. The van der Waals surface area contributed by atoms with Crippen molar-refractivity contribution in [1.29, 1.82) is 0 Å². The Morgan fingerprint density at radius 1 is 1.09 bits per heavy atom. The van der Waals surface area contributed by atoms with Gasteiger partial charge in [-0.15, -0.1) is 0 Å². The number of ether oxygens (including phenoxy) is 1. The first-order valence-electron chi connectivity index (χ1n) is 17.6. The summed E-state index contributed by atoms with van der Waals surface area (Å²) < 4.78 is 95.4. The van der Waals surface area contributed by atoms with Gasteiger partial charge < -0.3 is 9.84 Å². The standard InChI is InChI=1S/C39H32ClF6N5O4/c1-50-34-26(4-5-29(40)31(34)37(53)49-50)25-3-2-23(6-7-38(54)8-10-55-11-9-38)47-32(25)20(12-19-13-21(41)16-22(42)14-19)15-24(52)18-51-35-30(33(48-51)36(43)44)27-17-28(27)39(35,45)46/h2-5,13-14,16,20,27-28,36,54H,8-12,15,17-18H2,1H3,(H,49,53)/t20-,27+,28-/m1/s1. The van der Waals surface area contributed by atoms with E-state index in [0.29, 0.717) is 40.6 Å². The van der Waals surface area contributed by atoms with Crippen molar-refractivity contribution in [3.63, 3.8) is 0 Å². The van der Waals surface area contributed by atoms with E-state index in [1.54, 1.807) is 25.2 Å². The van der Waals surface area contributed by atoms with Crippen LogP contribution < -0.4 is 5.56 Å². The SMILES string of the molecule is Cn1[nH]c(=O)c2c(Cl)ccc(-c3ccc(C#CC4(O)CCOCC4)nc3[C@@H](CC(=O)Cn3nc(C(F)F)c4c3C(F)(F)[C@@H]3C[C@H]43)Cc3cc(F)cc(F)c3)c21. The summed E-state index contributed by atoms with van der Waals surface area (Å²) in [5.41, 5.74) is -1.82. The molecule has 3 atom stereocenters. The number of halogens is 7. The highest BCUT2D eigenvalue weighted by Crippen LogP contribution is 2.68. The molecule has 5 aromatic rings. The van der Waals surface area contributed by atoms with Crippen LogP contribution in [0.1, 0.15) is 77.8 Å². The number of aromatic amines is 1. The zero-order valence-corrected chi connectivity index (χ0v) is 29.9. The third-order valence-electron chi connectivity index (χ3n) is 10.7. The molecule has 3 aliphatic rings. The molecule has 55 heavy (non-hydrogen) atoms. The number of H-pyrrole nitrogens is 1. The summed E-state index contributed by atoms with van der Waals surface area (Å²) in [6, 6.07) is 9.23. The predicted molar refractivity (Wildman–Crippen MR) is 188 cm³/mol. The van der Waals surface area contributed by atoms with Gasteiger partial charge in [0.25, 0.3) is 17.9 Å². The van der Waals surface area contributed by atoms with Gasteiger partial charge in [0.1, 0.15) is 40.9 Å². The van der Waals surface area contributed by atoms with Gasteiger partial charge in [0, 0.05) is 60.9 Å². The van der Waals surface area contributed by atoms with E-state index in [0.717, 1.165) is 12.1 Å². The maximum atomic E-state index is 15.4. The minimum atomic E-state index is -3.46. The molecule has 286 valence electrons. The summed E-state index contributed by atoms with van der Waals surface area (Å²) in [5, 5.41) is 17.8. The second-order valence-corrected chi connectivity index (χ2v) is 14.8. The fourth-order valence-corrected chi connectivity index (χ4v) is 8.31. The number of hydrogen-bond acceptors (Lipinski definition) is 6. The molecule has 0 spiro atoms. The first kappa shape index (κ1) is 37.0. The summed E-state index contributed by atoms with van der Waals surface area (Å²) in [7, 11) is 1.59. The van der Waals surface area contributed by atoms with Crippen molar-refractivity contribution in [1.82, 2.24) is 24.5 Å². The number of hydrogen-bond donors (Lipinski definition) is 2. The zero-order chi connectivity index (χ0) is 39.0. The molecule has 9 nitrogen and oxygen atoms in total. The summed E-state index contributed by atoms with van der Waals surface area (Å²) in [5.74, 6) is -3.07. The molecule has 0 radical (unpaired) electrons. The van der Waals surface area contributed by atoms with Crippen molar-refractivity contribution >= 4 is 28.3 Å². The Bertz CT molecular complexity index is 2480. The van der Waals surface area contributed by atoms with Crippen molar-refractivity contribution in [3.05, 3.63) is 103 Å². The fraction of sp³-hybridized carbons (Fsp3) is 0.385. The van der Waals surface area contributed by atoms with Crippen LogP contribution in [0.2, 0.25) is 5.02 Å². The molecule has 2 aromatic carbocycles. The van der Waals surface area contributed by atoms with Gasteiger partial charge in [-0.2, -0.15) is 13.9 Å². The van der Waals surface area contributed by atoms with Gasteiger partial charge in [-0.25, -0.2) is 22.5 Å². The van der Waals surface area contributed by atoms with Crippen LogP contribution in [0.3, 0.4) is 0 Å². The lowest BCUT2D eigenvalue weighted by atomic mass is 9.86. The van der Waals surface area contributed by atoms with Crippen molar-refractivity contribution in [3.8, 4) is 23.0 Å². The normalized spacial score (nSPS) is 19.9. The minimum absolute atomic E-state index is 0.0508. The van der Waals surface area contributed by atoms with Gasteiger partial charge in [-0.1, -0.05) is 23.6 Å². The second kappa shape index (κ2) is 13.7. The largest absolute Gasteiger partial charge is 0.381 e. The lowest BCUT2D eigenvalue weighted by Crippen LogP contribution is -2.34. The quantitative estimate of drug-likeness (QED) is 0.122. The fourth-order valence-electron chi connectivity index (χ4n) is 8.07. The van der Waals surface area contributed by atoms with Gasteiger partial charge in [0.2, 0.25) is 0 Å². The molecule has 1 saturated heterocycles. The number of aromatic nitrogens is 5. The number of alkyl halides is 4. The second-order valence-electron chi connectivity index (χ2n) is 14.4. The van der Waals surface area contributed by atoms with Crippen LogP contribution in [0.5, 0.6) is 0 Å². The lowest BCUT2D eigenvalue weighted by Gasteiger charge is -2.26. The molecule has 1 saturated carbocycles. The maximum absolute atomic E-state index is 15.4. The van der Waals surface area contributed by atoms with E-state index in [9.17, 15) is 32.3 Å². The van der Waals surface area contributed by atoms with Gasteiger partial charge in [0.05, 0.1) is 34.8 Å². The number of Topliss-reactive ketones (excluding diaryl/α,β-unsaturated/α-hetero) is 1. The number of nitrogens with one attached hydrogen (secondary N) is 1. The highest BCUT2D eigenvalue weighted by atomic mass is 35.5. The van der Waals surface area contributed by atoms with Gasteiger partial charge in [0.15, 0.2) is 5.78 Å². The molecule has 2 fully saturated rings. The van der Waals surface area contributed by atoms with Gasteiger partial charge >= 0.3 is 0 Å². The molecular weight excluding hydrogens is 752 g/mol. The lowest BCUT2D eigenvalue weighted by molar-refractivity contribution is -0.120. The van der Waals surface area contributed by atoms with Crippen LogP contribution in [0.4, 0.5) is 26.3 Å². The molecular formula is C39H32ClF6N5O4. The summed E-state index contributed by atoms with van der Waals surface area (Å²) in [6.07, 6.45) is -3.23. The van der Waals surface area contributed by atoms with Gasteiger partial charge in [-0.3, -0.25) is 24.1 Å². The number of pyridine rings is 1. The average molecular weight is 784 g/mol. The number of aryl methyl sites for hydroxylation is 1. The van der Waals surface area contributed by atoms with E-state index in [2.05, 4.69) is 22.0 Å². The number of aliphatic hydroxyl groups is 1. The Morgan fingerprint density at radius 2 is 1.80 bits per heavy atom. The topological polar surface area (TPSA) is 115 Å². The van der Waals surface area contributed by atoms with Gasteiger partial charge in [-0.05, 0) is 60.6 Å². The van der Waals surface area contributed by atoms with Crippen molar-refractivity contribution in [2.75, 3.05) is 13.2 Å². The summed E-state index contributed by atoms with van der Waals surface area (Å²) >= 11 is 6.44. The van der Waals surface area contributed by atoms with Crippen LogP contribution in [-0.4, -0.2) is 54.2 Å². The number of nitrogens with zero attached hydrogens (tertiary/aromatic N) is 4. The Hall–Kier alpha value is -4.91. The number of benzene rings is 2. The molecule has 8 rings (SSSR count). The van der Waals surface area contributed by atoms with Crippen LogP contribution in [0, 0.1) is 29.4 Å². The van der Waals surface area contributed by atoms with E-state index in [1.165, 1.54) is 10.7 Å². The molecule has 2 N–H and O–H groups in total. The average Bonchev–Trinajstić information content (AvgIpc) is 3.67. The van der Waals surface area contributed by atoms with Crippen LogP contribution >= 0.6 is 11.6 Å². The number of fused-ring (bicyclic) bond motifs is 4. The summed E-state index contributed by atoms with van der Waals surface area (Å²) in [4.78, 5) is 31.8. The molecule has 0 bridgehead atoms. The number of carbonyl (C=O) groups is 1. The van der Waals surface area contributed by atoms with E-state index < -0.39 is 83.0 Å². The minimum Gasteiger partial charge on any atom is -0.381 e. The van der Waals surface area contributed by atoms with E-state index >= 15 is 8.78 Å². The van der Waals surface area contributed by atoms with E-state index in [1.807, 2.05) is 0 Å². The predicted octanol–water partition coefficient (Wildman–Crippen LogP) is 7.08. The molecule has 2 aliphatic carbocycles. The molecule has 1 aliphatic heterocycles. The molecule has 3 aromatic heterocycles. The Kier molecular flexibility index (Phi) is 9.21.